The highest BCUT2D eigenvalue weighted by Crippen LogP contribution is 2.26. The first-order valence-corrected chi connectivity index (χ1v) is 4.57. The number of benzene rings is 1. The second kappa shape index (κ2) is 3.31. The predicted octanol–water partition coefficient (Wildman–Crippen LogP) is 1.55. The molecular formula is C11H12N2O2. The van der Waals surface area contributed by atoms with E-state index in [4.69, 9.17) is 10.5 Å². The van der Waals surface area contributed by atoms with E-state index in [-0.39, 0.29) is 5.97 Å². The molecule has 0 unspecified atom stereocenters. The Kier molecular flexibility index (Phi) is 2.11. The Balaban J connectivity index is 2.81. The normalized spacial score (nSPS) is 10.5. The number of aryl methyl sites for hydroxylation is 1. The molecule has 0 amide bonds. The third-order valence-corrected chi connectivity index (χ3v) is 2.45. The maximum atomic E-state index is 11.5. The Morgan fingerprint density at radius 1 is 1.47 bits per heavy atom. The van der Waals surface area contributed by atoms with Crippen molar-refractivity contribution >= 4 is 22.6 Å². The molecule has 0 spiro atoms. The largest absolute Gasteiger partial charge is 0.465 e. The van der Waals surface area contributed by atoms with E-state index in [1.807, 2.05) is 23.7 Å². The molecule has 4 nitrogen and oxygen atoms in total. The van der Waals surface area contributed by atoms with Crippen LogP contribution in [0.3, 0.4) is 0 Å². The second-order valence-electron chi connectivity index (χ2n) is 3.39. The van der Waals surface area contributed by atoms with Crippen LogP contribution >= 0.6 is 0 Å². The van der Waals surface area contributed by atoms with Crippen LogP contribution in [0.2, 0.25) is 0 Å². The van der Waals surface area contributed by atoms with Crippen molar-refractivity contribution in [2.24, 2.45) is 7.05 Å². The van der Waals surface area contributed by atoms with Crippen LogP contribution < -0.4 is 5.73 Å². The zero-order valence-corrected chi connectivity index (χ0v) is 8.65. The zero-order chi connectivity index (χ0) is 11.0. The number of nitrogen functional groups attached to an aromatic ring is 1. The Labute approximate surface area is 87.2 Å². The van der Waals surface area contributed by atoms with Gasteiger partial charge in [0.25, 0.3) is 0 Å². The number of carbonyl (C=O) groups is 1. The second-order valence-corrected chi connectivity index (χ2v) is 3.39. The van der Waals surface area contributed by atoms with Crippen LogP contribution in [0, 0.1) is 0 Å². The molecule has 0 radical (unpaired) electrons. The van der Waals surface area contributed by atoms with Crippen LogP contribution in [-0.4, -0.2) is 17.6 Å². The number of rotatable bonds is 1. The van der Waals surface area contributed by atoms with Gasteiger partial charge in [0, 0.05) is 24.3 Å². The van der Waals surface area contributed by atoms with Gasteiger partial charge in [0.2, 0.25) is 0 Å². The van der Waals surface area contributed by atoms with Gasteiger partial charge in [0.05, 0.1) is 18.2 Å². The lowest BCUT2D eigenvalue weighted by Crippen LogP contribution is -2.00. The van der Waals surface area contributed by atoms with Crippen molar-refractivity contribution in [3.63, 3.8) is 0 Å². The minimum Gasteiger partial charge on any atom is -0.465 e. The van der Waals surface area contributed by atoms with Crippen LogP contribution in [0.15, 0.2) is 24.4 Å². The standard InChI is InChI=1S/C11H12N2O2/c1-13-6-7(11(14)15-2)10-8(12)4-3-5-9(10)13/h3-6H,12H2,1-2H3. The summed E-state index contributed by atoms with van der Waals surface area (Å²) in [6, 6.07) is 5.55. The summed E-state index contributed by atoms with van der Waals surface area (Å²) in [6.07, 6.45) is 1.73. The van der Waals surface area contributed by atoms with Gasteiger partial charge in [-0.3, -0.25) is 0 Å². The van der Waals surface area contributed by atoms with Crippen LogP contribution in [0.1, 0.15) is 10.4 Å². The number of nitrogens with zero attached hydrogens (tertiary/aromatic N) is 1. The molecule has 4 heteroatoms. The average molecular weight is 204 g/mol. The number of esters is 1. The molecule has 78 valence electrons. The van der Waals surface area contributed by atoms with Crippen LogP contribution in [0.4, 0.5) is 5.69 Å². The van der Waals surface area contributed by atoms with Crippen molar-refractivity contribution in [2.75, 3.05) is 12.8 Å². The van der Waals surface area contributed by atoms with Crippen molar-refractivity contribution in [1.82, 2.24) is 4.57 Å². The molecule has 0 fully saturated rings. The average Bonchev–Trinajstić information content (AvgIpc) is 2.57. The van der Waals surface area contributed by atoms with Gasteiger partial charge in [-0.25, -0.2) is 4.79 Å². The van der Waals surface area contributed by atoms with Gasteiger partial charge < -0.3 is 15.0 Å². The topological polar surface area (TPSA) is 57.2 Å². The van der Waals surface area contributed by atoms with E-state index in [0.717, 1.165) is 10.9 Å². The van der Waals surface area contributed by atoms with Crippen molar-refractivity contribution in [2.45, 2.75) is 0 Å². The summed E-state index contributed by atoms with van der Waals surface area (Å²) in [5.41, 5.74) is 7.87. The summed E-state index contributed by atoms with van der Waals surface area (Å²) in [4.78, 5) is 11.5. The van der Waals surface area contributed by atoms with E-state index in [1.54, 1.807) is 12.3 Å². The van der Waals surface area contributed by atoms with E-state index >= 15 is 0 Å². The SMILES string of the molecule is COC(=O)c1cn(C)c2cccc(N)c12. The zero-order valence-electron chi connectivity index (χ0n) is 8.65. The molecule has 1 heterocycles. The smallest absolute Gasteiger partial charge is 0.340 e. The number of anilines is 1. The van der Waals surface area contributed by atoms with Gasteiger partial charge in [-0.05, 0) is 12.1 Å². The number of fused-ring (bicyclic) bond motifs is 1. The van der Waals surface area contributed by atoms with Crippen LogP contribution in [0.5, 0.6) is 0 Å². The summed E-state index contributed by atoms with van der Waals surface area (Å²) < 4.78 is 6.56. The molecule has 15 heavy (non-hydrogen) atoms. The van der Waals surface area contributed by atoms with E-state index in [2.05, 4.69) is 0 Å². The van der Waals surface area contributed by atoms with Gasteiger partial charge in [0.15, 0.2) is 0 Å². The fourth-order valence-corrected chi connectivity index (χ4v) is 1.74. The Morgan fingerprint density at radius 2 is 2.20 bits per heavy atom. The molecule has 2 aromatic rings. The minimum atomic E-state index is -0.363. The van der Waals surface area contributed by atoms with E-state index in [0.29, 0.717) is 11.3 Å². The Morgan fingerprint density at radius 3 is 2.87 bits per heavy atom. The molecule has 0 aliphatic heterocycles. The lowest BCUT2D eigenvalue weighted by Gasteiger charge is -2.00. The number of hydrogen-bond donors (Lipinski definition) is 1. The molecule has 0 aliphatic carbocycles. The molecular weight excluding hydrogens is 192 g/mol. The van der Waals surface area contributed by atoms with Crippen molar-refractivity contribution < 1.29 is 9.53 Å². The summed E-state index contributed by atoms with van der Waals surface area (Å²) in [5.74, 6) is -0.363. The van der Waals surface area contributed by atoms with Crippen LogP contribution in [0.25, 0.3) is 10.9 Å². The summed E-state index contributed by atoms with van der Waals surface area (Å²) in [6.45, 7) is 0. The molecule has 1 aromatic heterocycles. The highest BCUT2D eigenvalue weighted by molar-refractivity contribution is 6.09. The van der Waals surface area contributed by atoms with Gasteiger partial charge in [-0.1, -0.05) is 6.07 Å². The van der Waals surface area contributed by atoms with E-state index in [1.165, 1.54) is 7.11 Å². The van der Waals surface area contributed by atoms with Crippen molar-refractivity contribution in [1.29, 1.82) is 0 Å². The first-order chi connectivity index (χ1) is 7.15. The predicted molar refractivity (Wildman–Crippen MR) is 58.7 cm³/mol. The summed E-state index contributed by atoms with van der Waals surface area (Å²) in [5, 5.41) is 0.756. The highest BCUT2D eigenvalue weighted by atomic mass is 16.5. The molecule has 0 saturated heterocycles. The number of methoxy groups -OCH3 is 1. The van der Waals surface area contributed by atoms with Crippen molar-refractivity contribution in [3.05, 3.63) is 30.0 Å². The van der Waals surface area contributed by atoms with Gasteiger partial charge in [-0.15, -0.1) is 0 Å². The third kappa shape index (κ3) is 1.34. The van der Waals surface area contributed by atoms with Gasteiger partial charge >= 0.3 is 5.97 Å². The number of carbonyl (C=O) groups excluding carboxylic acids is 1. The van der Waals surface area contributed by atoms with Crippen molar-refractivity contribution in [3.8, 4) is 0 Å². The van der Waals surface area contributed by atoms with E-state index in [9.17, 15) is 4.79 Å². The molecule has 1 aromatic carbocycles. The first-order valence-electron chi connectivity index (χ1n) is 4.57. The number of ether oxygens (including phenoxy) is 1. The Bertz CT molecular complexity index is 529. The van der Waals surface area contributed by atoms with Gasteiger partial charge in [-0.2, -0.15) is 0 Å². The minimum absolute atomic E-state index is 0.363. The molecule has 0 saturated carbocycles. The maximum absolute atomic E-state index is 11.5. The third-order valence-electron chi connectivity index (χ3n) is 2.45. The number of hydrogen-bond acceptors (Lipinski definition) is 3. The van der Waals surface area contributed by atoms with Gasteiger partial charge in [0.1, 0.15) is 0 Å². The molecule has 0 aliphatic rings. The van der Waals surface area contributed by atoms with Crippen LogP contribution in [-0.2, 0) is 11.8 Å². The van der Waals surface area contributed by atoms with E-state index < -0.39 is 0 Å². The Hall–Kier alpha value is -1.97. The fraction of sp³-hybridized carbons (Fsp3) is 0.182. The monoisotopic (exact) mass is 204 g/mol. The quantitative estimate of drug-likeness (QED) is 0.566. The molecule has 0 bridgehead atoms. The lowest BCUT2D eigenvalue weighted by molar-refractivity contribution is 0.0603. The summed E-state index contributed by atoms with van der Waals surface area (Å²) >= 11 is 0. The first kappa shape index (κ1) is 9.58. The molecule has 2 N–H and O–H groups in total. The highest BCUT2D eigenvalue weighted by Gasteiger charge is 2.15. The fourth-order valence-electron chi connectivity index (χ4n) is 1.74. The number of aromatic nitrogens is 1. The summed E-state index contributed by atoms with van der Waals surface area (Å²) in [7, 11) is 3.23. The molecule has 0 atom stereocenters. The lowest BCUT2D eigenvalue weighted by atomic mass is 10.1. The maximum Gasteiger partial charge on any atom is 0.340 e. The number of nitrogens with two attached hydrogens (primary N) is 1. The molecule has 2 rings (SSSR count).